The summed E-state index contributed by atoms with van der Waals surface area (Å²) in [6.07, 6.45) is 7.92. The summed E-state index contributed by atoms with van der Waals surface area (Å²) in [6, 6.07) is 8.07. The molecule has 0 spiro atoms. The van der Waals surface area contributed by atoms with Gasteiger partial charge in [0.25, 0.3) is 0 Å². The quantitative estimate of drug-likeness (QED) is 0.631. The lowest BCUT2D eigenvalue weighted by Crippen LogP contribution is -2.37. The van der Waals surface area contributed by atoms with E-state index in [1.54, 1.807) is 30.8 Å². The molecule has 2 fully saturated rings. The molecular weight excluding hydrogens is 398 g/mol. The molecule has 1 saturated heterocycles. The summed E-state index contributed by atoms with van der Waals surface area (Å²) in [5, 5.41) is 10.8. The van der Waals surface area contributed by atoms with Crippen molar-refractivity contribution in [2.75, 3.05) is 20.2 Å². The van der Waals surface area contributed by atoms with Crippen LogP contribution in [0.2, 0.25) is 0 Å². The predicted molar refractivity (Wildman–Crippen MR) is 114 cm³/mol. The van der Waals surface area contributed by atoms with Gasteiger partial charge in [-0.05, 0) is 47.8 Å². The van der Waals surface area contributed by atoms with Gasteiger partial charge in [-0.25, -0.2) is 4.68 Å². The Morgan fingerprint density at radius 1 is 1.23 bits per heavy atom. The molecule has 0 radical (unpaired) electrons. The maximum atomic E-state index is 12.8. The maximum absolute atomic E-state index is 12.8. The van der Waals surface area contributed by atoms with Crippen molar-refractivity contribution in [3.63, 3.8) is 0 Å². The Kier molecular flexibility index (Phi) is 5.35. The second-order valence-corrected chi connectivity index (χ2v) is 9.18. The molecule has 0 N–H and O–H groups in total. The number of ether oxygens (including phenoxy) is 1. The van der Waals surface area contributed by atoms with Crippen LogP contribution in [0.25, 0.3) is 10.6 Å². The van der Waals surface area contributed by atoms with Crippen LogP contribution in [0, 0.1) is 11.8 Å². The highest BCUT2D eigenvalue weighted by Gasteiger charge is 2.44. The van der Waals surface area contributed by atoms with E-state index in [1.807, 2.05) is 39.4 Å². The van der Waals surface area contributed by atoms with Crippen molar-refractivity contribution >= 4 is 17.2 Å². The number of rotatable bonds is 5. The van der Waals surface area contributed by atoms with Crippen molar-refractivity contribution in [1.29, 1.82) is 0 Å². The number of nitrogens with zero attached hydrogens (tertiary/aromatic N) is 5. The second-order valence-electron chi connectivity index (χ2n) is 8.23. The zero-order valence-corrected chi connectivity index (χ0v) is 17.7. The van der Waals surface area contributed by atoms with Gasteiger partial charge in [0, 0.05) is 32.6 Å². The molecule has 7 nitrogen and oxygen atoms in total. The molecule has 8 heteroatoms. The van der Waals surface area contributed by atoms with Gasteiger partial charge in [-0.3, -0.25) is 9.78 Å². The highest BCUT2D eigenvalue weighted by molar-refractivity contribution is 7.13. The van der Waals surface area contributed by atoms with Crippen LogP contribution in [-0.4, -0.2) is 57.1 Å². The minimum Gasteiger partial charge on any atom is -0.379 e. The molecule has 5 rings (SSSR count). The van der Waals surface area contributed by atoms with E-state index >= 15 is 0 Å². The molecule has 1 saturated carbocycles. The van der Waals surface area contributed by atoms with Crippen LogP contribution in [0.3, 0.4) is 0 Å². The van der Waals surface area contributed by atoms with Gasteiger partial charge < -0.3 is 9.64 Å². The van der Waals surface area contributed by atoms with E-state index in [0.29, 0.717) is 18.3 Å². The SMILES string of the molecule is CO[C@@H]1C[C@H]2CN(C(=O)Cc3cccnc3)C[C@H]2C[C@H]1n1cc(-c2cccs2)nn1. The summed E-state index contributed by atoms with van der Waals surface area (Å²) < 4.78 is 7.83. The number of thiophene rings is 1. The van der Waals surface area contributed by atoms with Crippen molar-refractivity contribution in [2.45, 2.75) is 31.4 Å². The van der Waals surface area contributed by atoms with Crippen molar-refractivity contribution in [1.82, 2.24) is 24.9 Å². The Morgan fingerprint density at radius 2 is 2.10 bits per heavy atom. The van der Waals surface area contributed by atoms with Gasteiger partial charge in [-0.2, -0.15) is 0 Å². The number of carbonyl (C=O) groups is 1. The number of carbonyl (C=O) groups excluding carboxylic acids is 1. The molecule has 1 aliphatic heterocycles. The third kappa shape index (κ3) is 3.77. The van der Waals surface area contributed by atoms with Gasteiger partial charge in [-0.15, -0.1) is 16.4 Å². The van der Waals surface area contributed by atoms with E-state index in [4.69, 9.17) is 4.74 Å². The zero-order valence-electron chi connectivity index (χ0n) is 16.9. The summed E-state index contributed by atoms with van der Waals surface area (Å²) in [4.78, 5) is 20.1. The highest BCUT2D eigenvalue weighted by atomic mass is 32.1. The third-order valence-corrected chi connectivity index (χ3v) is 7.33. The Labute approximate surface area is 179 Å². The number of pyridine rings is 1. The minimum atomic E-state index is 0.0810. The molecule has 30 heavy (non-hydrogen) atoms. The Hall–Kier alpha value is -2.58. The van der Waals surface area contributed by atoms with Gasteiger partial charge in [0.1, 0.15) is 5.69 Å². The molecule has 3 aromatic rings. The van der Waals surface area contributed by atoms with Crippen molar-refractivity contribution in [2.24, 2.45) is 11.8 Å². The third-order valence-electron chi connectivity index (χ3n) is 6.44. The standard InChI is InChI=1S/C22H25N5O2S/c1-29-20-10-17-13-26(22(28)8-15-4-2-6-23-11-15)12-16(17)9-19(20)27-14-18(24-25-27)21-5-3-7-30-21/h2-7,11,14,16-17,19-20H,8-10,12-13H2,1H3/t16-,17+,19-,20-/m1/s1. The average Bonchev–Trinajstić information content (AvgIpc) is 3.53. The van der Waals surface area contributed by atoms with Crippen LogP contribution in [-0.2, 0) is 16.0 Å². The van der Waals surface area contributed by atoms with E-state index in [-0.39, 0.29) is 18.1 Å². The number of hydrogen-bond donors (Lipinski definition) is 0. The van der Waals surface area contributed by atoms with Crippen molar-refractivity contribution < 1.29 is 9.53 Å². The maximum Gasteiger partial charge on any atom is 0.227 e. The van der Waals surface area contributed by atoms with Crippen LogP contribution in [0.5, 0.6) is 0 Å². The first-order valence-corrected chi connectivity index (χ1v) is 11.2. The fraction of sp³-hybridized carbons (Fsp3) is 0.455. The molecule has 4 heterocycles. The van der Waals surface area contributed by atoms with Crippen molar-refractivity contribution in [3.8, 4) is 10.6 Å². The van der Waals surface area contributed by atoms with Gasteiger partial charge >= 0.3 is 0 Å². The number of aromatic nitrogens is 4. The summed E-state index contributed by atoms with van der Waals surface area (Å²) in [5.74, 6) is 1.13. The molecule has 3 aromatic heterocycles. The van der Waals surface area contributed by atoms with E-state index in [1.165, 1.54) is 0 Å². The number of hydrogen-bond acceptors (Lipinski definition) is 6. The Balaban J connectivity index is 1.28. The summed E-state index contributed by atoms with van der Waals surface area (Å²) in [7, 11) is 1.77. The normalized spacial score (nSPS) is 26.0. The lowest BCUT2D eigenvalue weighted by Gasteiger charge is -2.36. The first kappa shape index (κ1) is 19.4. The molecule has 0 aromatic carbocycles. The Morgan fingerprint density at radius 3 is 2.83 bits per heavy atom. The number of methoxy groups -OCH3 is 1. The van der Waals surface area contributed by atoms with Crippen LogP contribution < -0.4 is 0 Å². The second kappa shape index (κ2) is 8.28. The fourth-order valence-corrected chi connectivity index (χ4v) is 5.57. The van der Waals surface area contributed by atoms with Gasteiger partial charge in [0.05, 0.1) is 29.6 Å². The molecule has 2 aliphatic rings. The molecule has 4 atom stereocenters. The lowest BCUT2D eigenvalue weighted by atomic mass is 9.77. The minimum absolute atomic E-state index is 0.0810. The summed E-state index contributed by atoms with van der Waals surface area (Å²) >= 11 is 1.67. The number of amides is 1. The molecule has 156 valence electrons. The van der Waals surface area contributed by atoms with Gasteiger partial charge in [0.2, 0.25) is 5.91 Å². The van der Waals surface area contributed by atoms with Crippen LogP contribution in [0.4, 0.5) is 0 Å². The Bertz CT molecular complexity index is 990. The zero-order chi connectivity index (χ0) is 20.5. The van der Waals surface area contributed by atoms with E-state index < -0.39 is 0 Å². The first-order chi connectivity index (χ1) is 14.7. The molecule has 1 amide bonds. The summed E-state index contributed by atoms with van der Waals surface area (Å²) in [6.45, 7) is 1.62. The number of fused-ring (bicyclic) bond motifs is 1. The first-order valence-electron chi connectivity index (χ1n) is 10.4. The lowest BCUT2D eigenvalue weighted by molar-refractivity contribution is -0.129. The van der Waals surface area contributed by atoms with Gasteiger partial charge in [0.15, 0.2) is 0 Å². The molecule has 0 bridgehead atoms. The van der Waals surface area contributed by atoms with Crippen LogP contribution in [0.15, 0.2) is 48.2 Å². The smallest absolute Gasteiger partial charge is 0.227 e. The van der Waals surface area contributed by atoms with Crippen molar-refractivity contribution in [3.05, 3.63) is 53.8 Å². The monoisotopic (exact) mass is 423 g/mol. The average molecular weight is 424 g/mol. The number of likely N-dealkylation sites (tertiary alicyclic amines) is 1. The fourth-order valence-electron chi connectivity index (χ4n) is 4.89. The molecule has 0 unspecified atom stereocenters. The largest absolute Gasteiger partial charge is 0.379 e. The highest BCUT2D eigenvalue weighted by Crippen LogP contribution is 2.42. The molecule has 1 aliphatic carbocycles. The van der Waals surface area contributed by atoms with Crippen LogP contribution in [0.1, 0.15) is 24.4 Å². The topological polar surface area (TPSA) is 73.1 Å². The van der Waals surface area contributed by atoms with E-state index in [2.05, 4.69) is 21.4 Å². The predicted octanol–water partition coefficient (Wildman–Crippen LogP) is 3.07. The molecular formula is C22H25N5O2S. The van der Waals surface area contributed by atoms with E-state index in [9.17, 15) is 4.79 Å². The summed E-state index contributed by atoms with van der Waals surface area (Å²) in [5.41, 5.74) is 1.87. The van der Waals surface area contributed by atoms with Crippen LogP contribution >= 0.6 is 11.3 Å². The van der Waals surface area contributed by atoms with E-state index in [0.717, 1.165) is 42.1 Å². The van der Waals surface area contributed by atoms with Gasteiger partial charge in [-0.1, -0.05) is 17.3 Å².